The van der Waals surface area contributed by atoms with Crippen LogP contribution in [0.3, 0.4) is 0 Å². The van der Waals surface area contributed by atoms with Crippen LogP contribution >= 0.6 is 0 Å². The first kappa shape index (κ1) is 11.3. The summed E-state index contributed by atoms with van der Waals surface area (Å²) in [7, 11) is 1.35. The number of esters is 1. The van der Waals surface area contributed by atoms with Crippen LogP contribution in [0.2, 0.25) is 0 Å². The molecule has 0 bridgehead atoms. The van der Waals surface area contributed by atoms with Crippen molar-refractivity contribution in [2.75, 3.05) is 0 Å². The molecule has 8 nitrogen and oxygen atoms in total. The van der Waals surface area contributed by atoms with Gasteiger partial charge in [0.1, 0.15) is 0 Å². The van der Waals surface area contributed by atoms with E-state index in [-0.39, 0.29) is 11.2 Å². The van der Waals surface area contributed by atoms with Crippen molar-refractivity contribution in [2.45, 2.75) is 27.5 Å². The molecule has 0 aliphatic rings. The van der Waals surface area contributed by atoms with Gasteiger partial charge in [-0.05, 0) is 20.8 Å². The van der Waals surface area contributed by atoms with Crippen LogP contribution in [0.5, 0.6) is 0 Å². The van der Waals surface area contributed by atoms with Gasteiger partial charge < -0.3 is 9.30 Å². The van der Waals surface area contributed by atoms with Gasteiger partial charge in [0.15, 0.2) is 17.9 Å². The standard InChI is InChI=1S/C13H18N4O4/c1-13(2,3)11(19)21-7-17-10(18)8-9(14-6-15(8)4)16(5)12(17)20/h6H,7H2,1-5H3/i4D3. The van der Waals surface area contributed by atoms with Crippen LogP contribution in [-0.2, 0) is 30.3 Å². The van der Waals surface area contributed by atoms with E-state index in [0.717, 1.165) is 10.9 Å². The first-order chi connectivity index (χ1) is 10.9. The Hall–Kier alpha value is -2.38. The summed E-state index contributed by atoms with van der Waals surface area (Å²) in [6, 6.07) is 0. The molecule has 21 heavy (non-hydrogen) atoms. The number of hydrogen-bond acceptors (Lipinski definition) is 5. The number of carbonyl (C=O) groups is 1. The van der Waals surface area contributed by atoms with Crippen LogP contribution in [0.25, 0.3) is 11.2 Å². The maximum Gasteiger partial charge on any atom is 0.335 e. The number of fused-ring (bicyclic) bond motifs is 1. The summed E-state index contributed by atoms with van der Waals surface area (Å²) in [6.45, 7) is 1.64. The SMILES string of the molecule is [2H]C([2H])([2H])n1cnc2c1c(=O)n(COC(=O)C(C)(C)C)c(=O)n2C. The van der Waals surface area contributed by atoms with E-state index in [1.165, 1.54) is 7.05 Å². The molecule has 2 heterocycles. The summed E-state index contributed by atoms with van der Waals surface area (Å²) in [5.74, 6) is -0.596. The van der Waals surface area contributed by atoms with E-state index < -0.39 is 36.3 Å². The Morgan fingerprint density at radius 2 is 2.10 bits per heavy atom. The van der Waals surface area contributed by atoms with Crippen molar-refractivity contribution in [1.29, 1.82) is 0 Å². The van der Waals surface area contributed by atoms with Crippen LogP contribution < -0.4 is 11.2 Å². The molecule has 0 amide bonds. The Labute approximate surface area is 124 Å². The quantitative estimate of drug-likeness (QED) is 0.727. The van der Waals surface area contributed by atoms with E-state index in [1.807, 2.05) is 0 Å². The summed E-state index contributed by atoms with van der Waals surface area (Å²) >= 11 is 0. The van der Waals surface area contributed by atoms with E-state index in [4.69, 9.17) is 8.85 Å². The van der Waals surface area contributed by atoms with Crippen molar-refractivity contribution in [3.8, 4) is 0 Å². The highest BCUT2D eigenvalue weighted by Gasteiger charge is 2.24. The predicted octanol–water partition coefficient (Wildman–Crippen LogP) is -0.0195. The first-order valence-corrected chi connectivity index (χ1v) is 6.20. The highest BCUT2D eigenvalue weighted by molar-refractivity contribution is 5.75. The minimum Gasteiger partial charge on any atom is -0.443 e. The maximum atomic E-state index is 12.5. The maximum absolute atomic E-state index is 12.5. The molecule has 0 aliphatic heterocycles. The monoisotopic (exact) mass is 297 g/mol. The second kappa shape index (κ2) is 4.87. The summed E-state index contributed by atoms with van der Waals surface area (Å²) in [5.41, 5.74) is -2.77. The van der Waals surface area contributed by atoms with Crippen LogP contribution in [0, 0.1) is 5.41 Å². The first-order valence-electron chi connectivity index (χ1n) is 7.70. The van der Waals surface area contributed by atoms with Crippen molar-refractivity contribution in [1.82, 2.24) is 18.7 Å². The number of rotatable bonds is 2. The molecule has 0 fully saturated rings. The van der Waals surface area contributed by atoms with Gasteiger partial charge in [-0.1, -0.05) is 0 Å². The van der Waals surface area contributed by atoms with Crippen LogP contribution in [0.1, 0.15) is 24.9 Å². The largest absolute Gasteiger partial charge is 0.443 e. The minimum absolute atomic E-state index is 0.0560. The van der Waals surface area contributed by atoms with E-state index in [0.29, 0.717) is 9.13 Å². The van der Waals surface area contributed by atoms with E-state index in [9.17, 15) is 14.4 Å². The molecule has 0 atom stereocenters. The summed E-state index contributed by atoms with van der Waals surface area (Å²) in [6.07, 6.45) is 0.976. The molecule has 2 aromatic rings. The average molecular weight is 297 g/mol. The lowest BCUT2D eigenvalue weighted by Crippen LogP contribution is -2.41. The van der Waals surface area contributed by atoms with Gasteiger partial charge in [0, 0.05) is 18.1 Å². The van der Waals surface area contributed by atoms with Gasteiger partial charge in [0.05, 0.1) is 11.7 Å². The molecule has 0 aliphatic carbocycles. The van der Waals surface area contributed by atoms with Crippen LogP contribution in [-0.4, -0.2) is 24.7 Å². The van der Waals surface area contributed by atoms with Crippen molar-refractivity contribution < 1.29 is 13.6 Å². The molecular formula is C13H18N4O4. The van der Waals surface area contributed by atoms with Gasteiger partial charge in [0.2, 0.25) is 0 Å². The van der Waals surface area contributed by atoms with Gasteiger partial charge in [0.25, 0.3) is 5.56 Å². The number of imidazole rings is 1. The molecule has 0 saturated heterocycles. The van der Waals surface area contributed by atoms with Gasteiger partial charge in [-0.3, -0.25) is 14.2 Å². The van der Waals surface area contributed by atoms with Crippen LogP contribution in [0.4, 0.5) is 0 Å². The molecule has 2 aromatic heterocycles. The Balaban J connectivity index is 2.62. The van der Waals surface area contributed by atoms with E-state index >= 15 is 0 Å². The second-order valence-corrected chi connectivity index (χ2v) is 5.67. The second-order valence-electron chi connectivity index (χ2n) is 5.67. The smallest absolute Gasteiger partial charge is 0.335 e. The molecule has 0 N–H and O–H groups in total. The summed E-state index contributed by atoms with van der Waals surface area (Å²) in [4.78, 5) is 40.5. The predicted molar refractivity (Wildman–Crippen MR) is 75.8 cm³/mol. The molecule has 0 saturated carbocycles. The summed E-state index contributed by atoms with van der Waals surface area (Å²) < 4.78 is 29.8. The Morgan fingerprint density at radius 1 is 1.43 bits per heavy atom. The average Bonchev–Trinajstić information content (AvgIpc) is 2.88. The zero-order valence-electron chi connectivity index (χ0n) is 15.2. The van der Waals surface area contributed by atoms with Crippen molar-refractivity contribution >= 4 is 17.1 Å². The Bertz CT molecular complexity index is 915. The minimum atomic E-state index is -2.63. The molecule has 8 heteroatoms. The third-order valence-corrected chi connectivity index (χ3v) is 2.97. The van der Waals surface area contributed by atoms with Gasteiger partial charge >= 0.3 is 11.7 Å². The molecule has 0 unspecified atom stereocenters. The fourth-order valence-electron chi connectivity index (χ4n) is 1.72. The summed E-state index contributed by atoms with van der Waals surface area (Å²) in [5, 5.41) is 0. The fraction of sp³-hybridized carbons (Fsp3) is 0.538. The fourth-order valence-corrected chi connectivity index (χ4v) is 1.72. The molecular weight excluding hydrogens is 276 g/mol. The van der Waals surface area contributed by atoms with Crippen molar-refractivity contribution in [3.63, 3.8) is 0 Å². The lowest BCUT2D eigenvalue weighted by atomic mass is 9.98. The van der Waals surface area contributed by atoms with Gasteiger partial charge in [-0.15, -0.1) is 0 Å². The van der Waals surface area contributed by atoms with Gasteiger partial charge in [-0.2, -0.15) is 0 Å². The van der Waals surface area contributed by atoms with Crippen LogP contribution in [0.15, 0.2) is 15.9 Å². The third kappa shape index (κ3) is 2.48. The Morgan fingerprint density at radius 3 is 2.67 bits per heavy atom. The lowest BCUT2D eigenvalue weighted by molar-refractivity contribution is -0.157. The zero-order chi connectivity index (χ0) is 18.4. The molecule has 2 rings (SSSR count). The third-order valence-electron chi connectivity index (χ3n) is 2.97. The zero-order valence-corrected chi connectivity index (χ0v) is 12.2. The normalized spacial score (nSPS) is 14.6. The van der Waals surface area contributed by atoms with E-state index in [2.05, 4.69) is 4.98 Å². The van der Waals surface area contributed by atoms with Crippen molar-refractivity contribution in [3.05, 3.63) is 27.2 Å². The van der Waals surface area contributed by atoms with Gasteiger partial charge in [-0.25, -0.2) is 14.3 Å². The molecule has 114 valence electrons. The highest BCUT2D eigenvalue weighted by Crippen LogP contribution is 2.15. The number of carbonyl (C=O) groups excluding carboxylic acids is 1. The molecule has 0 aromatic carbocycles. The number of aromatic nitrogens is 4. The topological polar surface area (TPSA) is 88.1 Å². The van der Waals surface area contributed by atoms with E-state index in [1.54, 1.807) is 20.8 Å². The number of hydrogen-bond donors (Lipinski definition) is 0. The Kier molecular flexibility index (Phi) is 2.62. The molecule has 0 spiro atoms. The number of aryl methyl sites for hydroxylation is 2. The highest BCUT2D eigenvalue weighted by atomic mass is 16.5. The number of nitrogens with zero attached hydrogens (tertiary/aromatic N) is 4. The molecule has 0 radical (unpaired) electrons. The lowest BCUT2D eigenvalue weighted by Gasteiger charge is -2.17. The van der Waals surface area contributed by atoms with Crippen molar-refractivity contribution in [2.24, 2.45) is 19.4 Å². The number of ether oxygens (including phenoxy) is 1.